The van der Waals surface area contributed by atoms with Gasteiger partial charge in [0.25, 0.3) is 11.8 Å². The zero-order valence-electron chi connectivity index (χ0n) is 16.4. The molecule has 2 atom stereocenters. The number of amides is 2. The van der Waals surface area contributed by atoms with E-state index in [1.54, 1.807) is 12.1 Å². The summed E-state index contributed by atoms with van der Waals surface area (Å²) < 4.78 is 18.5. The van der Waals surface area contributed by atoms with E-state index >= 15 is 0 Å². The van der Waals surface area contributed by atoms with Gasteiger partial charge in [0.2, 0.25) is 0 Å². The van der Waals surface area contributed by atoms with Crippen LogP contribution in [0.3, 0.4) is 0 Å². The summed E-state index contributed by atoms with van der Waals surface area (Å²) in [5.41, 5.74) is 0.410. The minimum atomic E-state index is -0.688. The third-order valence-corrected chi connectivity index (χ3v) is 4.65. The van der Waals surface area contributed by atoms with Crippen LogP contribution in [-0.2, 0) is 19.5 Å². The second kappa shape index (κ2) is 11.1. The molecular formula is C19H25ClFN3O5. The Morgan fingerprint density at radius 1 is 1.45 bits per heavy atom. The van der Waals surface area contributed by atoms with Gasteiger partial charge in [0.1, 0.15) is 11.6 Å². The highest BCUT2D eigenvalue weighted by molar-refractivity contribution is 6.30. The molecule has 10 heteroatoms. The molecule has 160 valence electrons. The van der Waals surface area contributed by atoms with Crippen LogP contribution in [0.4, 0.5) is 4.39 Å². The van der Waals surface area contributed by atoms with Crippen molar-refractivity contribution in [3.8, 4) is 5.75 Å². The quantitative estimate of drug-likeness (QED) is 0.586. The van der Waals surface area contributed by atoms with Gasteiger partial charge >= 0.3 is 0 Å². The third-order valence-electron chi connectivity index (χ3n) is 4.34. The summed E-state index contributed by atoms with van der Waals surface area (Å²) in [6.45, 7) is 5.70. The summed E-state index contributed by atoms with van der Waals surface area (Å²) in [4.78, 5) is 34.1. The Bertz CT molecular complexity index is 749. The molecule has 2 unspecified atom stereocenters. The first-order valence-electron chi connectivity index (χ1n) is 9.19. The molecule has 1 aromatic carbocycles. The highest BCUT2D eigenvalue weighted by Crippen LogP contribution is 2.20. The number of hydrogen-bond donors (Lipinski definition) is 2. The van der Waals surface area contributed by atoms with E-state index in [1.807, 2.05) is 6.92 Å². The SMILES string of the molecule is C=C(CCNC(=O)C1CC(CC)N(C)OO1)NC(=O)COc1ccc(Cl)c(F)c1. The molecular weight excluding hydrogens is 405 g/mol. The lowest BCUT2D eigenvalue weighted by atomic mass is 10.1. The predicted molar refractivity (Wildman–Crippen MR) is 104 cm³/mol. The van der Waals surface area contributed by atoms with Crippen molar-refractivity contribution in [3.63, 3.8) is 0 Å². The number of benzene rings is 1. The molecule has 2 N–H and O–H groups in total. The van der Waals surface area contributed by atoms with E-state index < -0.39 is 17.8 Å². The third kappa shape index (κ3) is 7.28. The van der Waals surface area contributed by atoms with Crippen molar-refractivity contribution in [2.45, 2.75) is 38.3 Å². The maximum atomic E-state index is 13.3. The van der Waals surface area contributed by atoms with Crippen molar-refractivity contribution in [1.82, 2.24) is 15.7 Å². The number of carbonyl (C=O) groups is 2. The van der Waals surface area contributed by atoms with E-state index in [2.05, 4.69) is 17.2 Å². The van der Waals surface area contributed by atoms with E-state index in [1.165, 1.54) is 12.1 Å². The molecule has 0 radical (unpaired) electrons. The number of carbonyl (C=O) groups excluding carboxylic acids is 2. The van der Waals surface area contributed by atoms with Crippen LogP contribution in [0.25, 0.3) is 0 Å². The van der Waals surface area contributed by atoms with Gasteiger partial charge in [-0.1, -0.05) is 25.1 Å². The number of halogens is 2. The fraction of sp³-hybridized carbons (Fsp3) is 0.474. The van der Waals surface area contributed by atoms with Crippen LogP contribution in [0.2, 0.25) is 5.02 Å². The topological polar surface area (TPSA) is 89.1 Å². The maximum absolute atomic E-state index is 13.3. The number of hydroxylamine groups is 2. The molecule has 1 aromatic rings. The number of hydrogen-bond acceptors (Lipinski definition) is 6. The molecule has 8 nitrogen and oxygen atoms in total. The van der Waals surface area contributed by atoms with Crippen molar-refractivity contribution in [2.24, 2.45) is 0 Å². The highest BCUT2D eigenvalue weighted by Gasteiger charge is 2.32. The molecule has 1 aliphatic rings. The predicted octanol–water partition coefficient (Wildman–Crippen LogP) is 2.34. The summed E-state index contributed by atoms with van der Waals surface area (Å²) >= 11 is 5.59. The van der Waals surface area contributed by atoms with E-state index in [4.69, 9.17) is 26.2 Å². The zero-order chi connectivity index (χ0) is 21.4. The molecule has 0 bridgehead atoms. The molecule has 0 aliphatic carbocycles. The van der Waals surface area contributed by atoms with E-state index in [-0.39, 0.29) is 35.9 Å². The molecule has 2 rings (SSSR count). The normalized spacial score (nSPS) is 19.4. The lowest BCUT2D eigenvalue weighted by Gasteiger charge is -2.33. The van der Waals surface area contributed by atoms with Gasteiger partial charge in [-0.05, 0) is 18.6 Å². The second-order valence-electron chi connectivity index (χ2n) is 6.56. The van der Waals surface area contributed by atoms with Crippen molar-refractivity contribution in [3.05, 3.63) is 41.3 Å². The first kappa shape index (κ1) is 23.1. The molecule has 1 saturated heterocycles. The lowest BCUT2D eigenvalue weighted by molar-refractivity contribution is -0.466. The molecule has 0 spiro atoms. The molecule has 1 fully saturated rings. The van der Waals surface area contributed by atoms with Crippen molar-refractivity contribution < 1.29 is 28.6 Å². The van der Waals surface area contributed by atoms with Gasteiger partial charge in [-0.25, -0.2) is 9.28 Å². The van der Waals surface area contributed by atoms with E-state index in [9.17, 15) is 14.0 Å². The molecule has 2 amide bonds. The summed E-state index contributed by atoms with van der Waals surface area (Å²) in [5.74, 6) is -1.18. The average molecular weight is 430 g/mol. The van der Waals surface area contributed by atoms with Crippen molar-refractivity contribution in [2.75, 3.05) is 20.2 Å². The van der Waals surface area contributed by atoms with Gasteiger partial charge in [-0.2, -0.15) is 5.06 Å². The Labute approximate surface area is 173 Å². The Balaban J connectivity index is 1.65. The van der Waals surface area contributed by atoms with Crippen LogP contribution < -0.4 is 15.4 Å². The minimum Gasteiger partial charge on any atom is -0.484 e. The van der Waals surface area contributed by atoms with Crippen LogP contribution >= 0.6 is 11.6 Å². The standard InChI is InChI=1S/C19H25ClFN3O5/c1-4-13-9-17(28-29-24(13)3)19(26)22-8-7-12(2)23-18(25)11-27-14-5-6-15(20)16(21)10-14/h5-6,10,13,17H,2,4,7-9,11H2,1,3H3,(H,22,26)(H,23,25). The van der Waals surface area contributed by atoms with Gasteiger partial charge in [-0.15, -0.1) is 4.99 Å². The largest absolute Gasteiger partial charge is 0.484 e. The number of nitrogens with one attached hydrogen (secondary N) is 2. The van der Waals surface area contributed by atoms with Crippen LogP contribution in [0, 0.1) is 5.82 Å². The minimum absolute atomic E-state index is 0.0281. The smallest absolute Gasteiger partial charge is 0.262 e. The number of rotatable bonds is 9. The van der Waals surface area contributed by atoms with E-state index in [0.29, 0.717) is 18.5 Å². The van der Waals surface area contributed by atoms with Gasteiger partial charge in [0.15, 0.2) is 12.7 Å². The van der Waals surface area contributed by atoms with Crippen LogP contribution in [0.1, 0.15) is 26.2 Å². The monoisotopic (exact) mass is 429 g/mol. The van der Waals surface area contributed by atoms with Crippen molar-refractivity contribution >= 4 is 23.4 Å². The highest BCUT2D eigenvalue weighted by atomic mass is 35.5. The number of nitrogens with zero attached hydrogens (tertiary/aromatic N) is 1. The fourth-order valence-corrected chi connectivity index (χ4v) is 2.77. The first-order valence-corrected chi connectivity index (χ1v) is 9.57. The summed E-state index contributed by atoms with van der Waals surface area (Å²) in [6.07, 6.45) is 1.00. The van der Waals surface area contributed by atoms with E-state index in [0.717, 1.165) is 12.5 Å². The maximum Gasteiger partial charge on any atom is 0.262 e. The van der Waals surface area contributed by atoms with Crippen LogP contribution in [0.15, 0.2) is 30.5 Å². The molecule has 0 saturated carbocycles. The van der Waals surface area contributed by atoms with Gasteiger partial charge in [0.05, 0.1) is 5.02 Å². The Morgan fingerprint density at radius 3 is 2.90 bits per heavy atom. The molecule has 1 heterocycles. The molecule has 0 aromatic heterocycles. The van der Waals surface area contributed by atoms with Crippen molar-refractivity contribution in [1.29, 1.82) is 0 Å². The van der Waals surface area contributed by atoms with Gasteiger partial charge in [0, 0.05) is 44.2 Å². The van der Waals surface area contributed by atoms with Gasteiger partial charge in [-0.3, -0.25) is 9.59 Å². The van der Waals surface area contributed by atoms with Crippen LogP contribution in [0.5, 0.6) is 5.75 Å². The lowest BCUT2D eigenvalue weighted by Crippen LogP contribution is -2.48. The fourth-order valence-electron chi connectivity index (χ4n) is 2.65. The first-order chi connectivity index (χ1) is 13.8. The van der Waals surface area contributed by atoms with Crippen LogP contribution in [-0.4, -0.2) is 49.2 Å². The summed E-state index contributed by atoms with van der Waals surface area (Å²) in [5, 5.41) is 6.84. The van der Waals surface area contributed by atoms with Gasteiger partial charge < -0.3 is 15.4 Å². The molecule has 29 heavy (non-hydrogen) atoms. The summed E-state index contributed by atoms with van der Waals surface area (Å²) in [6, 6.07) is 4.00. The summed E-state index contributed by atoms with van der Waals surface area (Å²) in [7, 11) is 1.75. The Kier molecular flexibility index (Phi) is 8.84. The zero-order valence-corrected chi connectivity index (χ0v) is 17.1. The second-order valence-corrected chi connectivity index (χ2v) is 6.97. The number of ether oxygens (including phenoxy) is 1. The Morgan fingerprint density at radius 2 is 2.21 bits per heavy atom. The Hall–Kier alpha value is -2.20. The average Bonchev–Trinajstić information content (AvgIpc) is 2.69. The molecule has 1 aliphatic heterocycles.